The third kappa shape index (κ3) is 2.50. The monoisotopic (exact) mass is 357 g/mol. The summed E-state index contributed by atoms with van der Waals surface area (Å²) in [6, 6.07) is 13.0. The second-order valence-corrected chi connectivity index (χ2v) is 6.89. The molecule has 0 aliphatic heterocycles. The Kier molecular flexibility index (Phi) is 3.25. The number of sulfonamides is 1. The van der Waals surface area contributed by atoms with Crippen LogP contribution in [0, 0.1) is 0 Å². The summed E-state index contributed by atoms with van der Waals surface area (Å²) in [6.07, 6.45) is 0. The van der Waals surface area contributed by atoms with Crippen molar-refractivity contribution in [1.29, 1.82) is 0 Å². The predicted molar refractivity (Wildman–Crippen MR) is 91.1 cm³/mol. The minimum Gasteiger partial charge on any atom is -0.505 e. The van der Waals surface area contributed by atoms with Crippen molar-refractivity contribution in [3.8, 4) is 5.75 Å². The summed E-state index contributed by atoms with van der Waals surface area (Å²) in [4.78, 5) is 18.1. The van der Waals surface area contributed by atoms with Crippen LogP contribution in [0.5, 0.6) is 5.75 Å². The van der Waals surface area contributed by atoms with Crippen LogP contribution in [-0.4, -0.2) is 23.5 Å². The standard InChI is InChI=1S/C16H11N3O5S/c20-13-9-5-1-4-8-12(9)24-15(21)14(13)25(22,23)19-16-17-10-6-2-3-7-11(10)18-16/h1-8,20H,(H2,17,18,19). The van der Waals surface area contributed by atoms with E-state index in [0.717, 1.165) is 0 Å². The van der Waals surface area contributed by atoms with Gasteiger partial charge in [-0.05, 0) is 24.3 Å². The molecule has 0 fully saturated rings. The summed E-state index contributed by atoms with van der Waals surface area (Å²) >= 11 is 0. The molecule has 4 aromatic rings. The fourth-order valence-electron chi connectivity index (χ4n) is 2.53. The van der Waals surface area contributed by atoms with Gasteiger partial charge in [0.1, 0.15) is 5.58 Å². The number of para-hydroxylation sites is 3. The highest BCUT2D eigenvalue weighted by Gasteiger charge is 2.27. The van der Waals surface area contributed by atoms with Crippen LogP contribution in [-0.2, 0) is 10.0 Å². The lowest BCUT2D eigenvalue weighted by Gasteiger charge is -2.07. The van der Waals surface area contributed by atoms with Crippen molar-refractivity contribution in [2.45, 2.75) is 4.90 Å². The first-order valence-electron chi connectivity index (χ1n) is 7.18. The molecule has 2 aromatic carbocycles. The third-order valence-corrected chi connectivity index (χ3v) is 4.99. The predicted octanol–water partition coefficient (Wildman–Crippen LogP) is 2.18. The van der Waals surface area contributed by atoms with Crippen molar-refractivity contribution < 1.29 is 17.9 Å². The molecule has 0 unspecified atom stereocenters. The van der Waals surface area contributed by atoms with Gasteiger partial charge in [-0.3, -0.25) is 0 Å². The molecule has 0 aliphatic rings. The molecule has 0 amide bonds. The van der Waals surface area contributed by atoms with Crippen LogP contribution < -0.4 is 10.3 Å². The van der Waals surface area contributed by atoms with Crippen LogP contribution in [0.2, 0.25) is 0 Å². The minimum atomic E-state index is -4.41. The summed E-state index contributed by atoms with van der Waals surface area (Å²) in [5.41, 5.74) is 0.0948. The number of rotatable bonds is 3. The summed E-state index contributed by atoms with van der Waals surface area (Å²) in [7, 11) is -4.41. The van der Waals surface area contributed by atoms with E-state index in [1.807, 2.05) is 0 Å². The Bertz CT molecular complexity index is 1240. The lowest BCUT2D eigenvalue weighted by Crippen LogP contribution is -2.21. The van der Waals surface area contributed by atoms with Gasteiger partial charge in [-0.1, -0.05) is 24.3 Å². The van der Waals surface area contributed by atoms with Gasteiger partial charge in [-0.25, -0.2) is 22.9 Å². The van der Waals surface area contributed by atoms with E-state index in [9.17, 15) is 18.3 Å². The van der Waals surface area contributed by atoms with Gasteiger partial charge < -0.3 is 14.5 Å². The van der Waals surface area contributed by atoms with Crippen molar-refractivity contribution >= 4 is 38.0 Å². The number of nitrogens with zero attached hydrogens (tertiary/aromatic N) is 1. The molecule has 0 spiro atoms. The molecule has 3 N–H and O–H groups in total. The SMILES string of the molecule is O=c1oc2ccccc2c(O)c1S(=O)(=O)Nc1nc2ccccc2[nH]1. The zero-order valence-electron chi connectivity index (χ0n) is 12.6. The van der Waals surface area contributed by atoms with Crippen LogP contribution in [0.25, 0.3) is 22.0 Å². The number of nitrogens with one attached hydrogen (secondary N) is 2. The van der Waals surface area contributed by atoms with E-state index in [1.165, 1.54) is 12.1 Å². The zero-order valence-corrected chi connectivity index (χ0v) is 13.4. The summed E-state index contributed by atoms with van der Waals surface area (Å²) in [5.74, 6) is -0.747. The van der Waals surface area contributed by atoms with Gasteiger partial charge in [0.15, 0.2) is 5.75 Å². The second-order valence-electron chi connectivity index (χ2n) is 5.27. The topological polar surface area (TPSA) is 125 Å². The number of imidazole rings is 1. The normalized spacial score (nSPS) is 11.8. The Labute approximate surface area is 140 Å². The summed E-state index contributed by atoms with van der Waals surface area (Å²) in [5, 5.41) is 10.4. The highest BCUT2D eigenvalue weighted by Crippen LogP contribution is 2.29. The van der Waals surface area contributed by atoms with E-state index >= 15 is 0 Å². The van der Waals surface area contributed by atoms with Crippen molar-refractivity contribution in [3.63, 3.8) is 0 Å². The molecule has 9 heteroatoms. The molecule has 0 atom stereocenters. The summed E-state index contributed by atoms with van der Waals surface area (Å²) in [6.45, 7) is 0. The highest BCUT2D eigenvalue weighted by atomic mass is 32.2. The fraction of sp³-hybridized carbons (Fsp3) is 0. The smallest absolute Gasteiger partial charge is 0.361 e. The van der Waals surface area contributed by atoms with E-state index in [0.29, 0.717) is 11.0 Å². The number of hydrogen-bond acceptors (Lipinski definition) is 6. The second kappa shape index (κ2) is 5.35. The molecule has 0 saturated carbocycles. The molecular formula is C16H11N3O5S. The van der Waals surface area contributed by atoms with Crippen molar-refractivity contribution in [1.82, 2.24) is 9.97 Å². The van der Waals surface area contributed by atoms with Crippen LogP contribution in [0.1, 0.15) is 0 Å². The number of fused-ring (bicyclic) bond motifs is 2. The van der Waals surface area contributed by atoms with Gasteiger partial charge in [-0.15, -0.1) is 0 Å². The maximum absolute atomic E-state index is 12.6. The first-order valence-corrected chi connectivity index (χ1v) is 8.66. The van der Waals surface area contributed by atoms with Crippen molar-refractivity contribution in [3.05, 3.63) is 59.0 Å². The van der Waals surface area contributed by atoms with Gasteiger partial charge in [-0.2, -0.15) is 0 Å². The molecule has 4 rings (SSSR count). The number of aromatic hydroxyl groups is 1. The van der Waals surface area contributed by atoms with E-state index in [-0.39, 0.29) is 16.9 Å². The van der Waals surface area contributed by atoms with Crippen LogP contribution in [0.15, 0.2) is 62.6 Å². The van der Waals surface area contributed by atoms with E-state index in [1.54, 1.807) is 36.4 Å². The fourth-order valence-corrected chi connectivity index (χ4v) is 3.61. The molecule has 0 saturated heterocycles. The maximum Gasteiger partial charge on any atom is 0.361 e. The molecule has 2 aromatic heterocycles. The third-order valence-electron chi connectivity index (χ3n) is 3.63. The van der Waals surface area contributed by atoms with Crippen LogP contribution in [0.3, 0.4) is 0 Å². The summed E-state index contributed by atoms with van der Waals surface area (Å²) < 4.78 is 32.3. The Hall–Kier alpha value is -3.33. The number of H-pyrrole nitrogens is 1. The Morgan fingerprint density at radius 2 is 1.80 bits per heavy atom. The first kappa shape index (κ1) is 15.2. The quantitative estimate of drug-likeness (QED) is 0.483. The first-order chi connectivity index (χ1) is 12.0. The van der Waals surface area contributed by atoms with Gasteiger partial charge >= 0.3 is 5.63 Å². The van der Waals surface area contributed by atoms with E-state index in [4.69, 9.17) is 4.42 Å². The number of aromatic amines is 1. The number of benzene rings is 2. The van der Waals surface area contributed by atoms with Crippen LogP contribution in [0.4, 0.5) is 5.95 Å². The lowest BCUT2D eigenvalue weighted by molar-refractivity contribution is 0.442. The Morgan fingerprint density at radius 1 is 1.08 bits per heavy atom. The van der Waals surface area contributed by atoms with Gasteiger partial charge in [0.25, 0.3) is 10.0 Å². The molecule has 0 radical (unpaired) electrons. The Balaban J connectivity index is 1.85. The maximum atomic E-state index is 12.6. The molecule has 8 nitrogen and oxygen atoms in total. The highest BCUT2D eigenvalue weighted by molar-refractivity contribution is 7.92. The molecule has 0 aliphatic carbocycles. The molecule has 25 heavy (non-hydrogen) atoms. The van der Waals surface area contributed by atoms with Crippen molar-refractivity contribution in [2.75, 3.05) is 4.72 Å². The number of aromatic nitrogens is 2. The largest absolute Gasteiger partial charge is 0.505 e. The van der Waals surface area contributed by atoms with E-state index in [2.05, 4.69) is 14.7 Å². The van der Waals surface area contributed by atoms with Gasteiger partial charge in [0, 0.05) is 0 Å². The van der Waals surface area contributed by atoms with Gasteiger partial charge in [0.2, 0.25) is 10.8 Å². The number of hydrogen-bond donors (Lipinski definition) is 3. The average molecular weight is 357 g/mol. The molecule has 0 bridgehead atoms. The molecule has 126 valence electrons. The minimum absolute atomic E-state index is 0.0758. The Morgan fingerprint density at radius 3 is 2.60 bits per heavy atom. The molecule has 2 heterocycles. The number of anilines is 1. The zero-order chi connectivity index (χ0) is 17.6. The van der Waals surface area contributed by atoms with Crippen LogP contribution >= 0.6 is 0 Å². The molecular weight excluding hydrogens is 346 g/mol. The average Bonchev–Trinajstić information content (AvgIpc) is 2.95. The lowest BCUT2D eigenvalue weighted by atomic mass is 10.2. The van der Waals surface area contributed by atoms with Gasteiger partial charge in [0.05, 0.1) is 16.4 Å². The van der Waals surface area contributed by atoms with Crippen molar-refractivity contribution in [2.24, 2.45) is 0 Å². The van der Waals surface area contributed by atoms with E-state index < -0.39 is 26.3 Å².